The van der Waals surface area contributed by atoms with E-state index >= 15 is 0 Å². The van der Waals surface area contributed by atoms with E-state index in [1.165, 1.54) is 7.11 Å². The zero-order chi connectivity index (χ0) is 29.3. The average molecular weight is 573 g/mol. The van der Waals surface area contributed by atoms with Crippen LogP contribution in [0.3, 0.4) is 0 Å². The van der Waals surface area contributed by atoms with Crippen LogP contribution in [-0.2, 0) is 33.8 Å². The van der Waals surface area contributed by atoms with Gasteiger partial charge in [-0.15, -0.1) is 0 Å². The SMILES string of the molecule is COc1cc2ccc1OCC(=O)N[C@@H]1CN(C(=O)CCc3cccnc3)CC[C@H]1Oc1ccc(cc1)CNC(=O)CC2. The van der Waals surface area contributed by atoms with Gasteiger partial charge in [0.1, 0.15) is 11.9 Å². The molecule has 2 aromatic carbocycles. The van der Waals surface area contributed by atoms with Gasteiger partial charge in [0.2, 0.25) is 11.8 Å². The Labute approximate surface area is 245 Å². The van der Waals surface area contributed by atoms with Crippen LogP contribution in [0.4, 0.5) is 0 Å². The highest BCUT2D eigenvalue weighted by molar-refractivity contribution is 5.79. The normalized spacial score (nSPS) is 19.5. The van der Waals surface area contributed by atoms with Gasteiger partial charge in [-0.25, -0.2) is 0 Å². The zero-order valence-corrected chi connectivity index (χ0v) is 23.7. The second kappa shape index (κ2) is 13.8. The number of methoxy groups -OCH3 is 1. The lowest BCUT2D eigenvalue weighted by molar-refractivity contribution is -0.135. The zero-order valence-electron chi connectivity index (χ0n) is 23.7. The summed E-state index contributed by atoms with van der Waals surface area (Å²) in [6.45, 7) is 1.02. The topological polar surface area (TPSA) is 119 Å². The molecule has 1 fully saturated rings. The molecular formula is C32H36N4O6. The fraction of sp³-hybridized carbons (Fsp3) is 0.375. The van der Waals surface area contributed by atoms with E-state index in [0.717, 1.165) is 16.7 Å². The Bertz CT molecular complexity index is 1380. The molecule has 8 rings (SSSR count). The minimum atomic E-state index is -0.439. The number of nitrogens with one attached hydrogen (secondary N) is 2. The van der Waals surface area contributed by atoms with Crippen molar-refractivity contribution in [2.75, 3.05) is 26.8 Å². The number of benzene rings is 2. The van der Waals surface area contributed by atoms with E-state index in [2.05, 4.69) is 15.6 Å². The molecular weight excluding hydrogens is 536 g/mol. The fourth-order valence-corrected chi connectivity index (χ4v) is 5.18. The molecule has 0 saturated carbocycles. The highest BCUT2D eigenvalue weighted by Gasteiger charge is 2.34. The fourth-order valence-electron chi connectivity index (χ4n) is 5.18. The van der Waals surface area contributed by atoms with Gasteiger partial charge in [0.15, 0.2) is 18.1 Å². The first kappa shape index (κ1) is 28.9. The summed E-state index contributed by atoms with van der Waals surface area (Å²) in [6.07, 6.45) is 5.51. The third kappa shape index (κ3) is 7.78. The highest BCUT2D eigenvalue weighted by atomic mass is 16.5. The molecule has 42 heavy (non-hydrogen) atoms. The maximum atomic E-state index is 13.1. The molecule has 220 valence electrons. The van der Waals surface area contributed by atoms with Gasteiger partial charge in [0.25, 0.3) is 5.91 Å². The molecule has 2 N–H and O–H groups in total. The molecule has 10 nitrogen and oxygen atoms in total. The van der Waals surface area contributed by atoms with Crippen LogP contribution in [0.2, 0.25) is 0 Å². The Morgan fingerprint density at radius 2 is 1.90 bits per heavy atom. The Hall–Kier alpha value is -4.60. The number of amides is 3. The van der Waals surface area contributed by atoms with Crippen molar-refractivity contribution in [3.63, 3.8) is 0 Å². The molecule has 3 amide bonds. The summed E-state index contributed by atoms with van der Waals surface area (Å²) < 4.78 is 17.6. The Kier molecular flexibility index (Phi) is 9.53. The largest absolute Gasteiger partial charge is 0.493 e. The maximum absolute atomic E-state index is 13.1. The van der Waals surface area contributed by atoms with Gasteiger partial charge in [0, 0.05) is 51.3 Å². The molecule has 0 spiro atoms. The number of ether oxygens (including phenoxy) is 3. The van der Waals surface area contributed by atoms with Crippen LogP contribution in [0.25, 0.3) is 0 Å². The molecule has 0 unspecified atom stereocenters. The minimum Gasteiger partial charge on any atom is -0.493 e. The molecule has 5 aliphatic rings. The minimum absolute atomic E-state index is 0.0190. The van der Waals surface area contributed by atoms with Crippen molar-refractivity contribution in [3.05, 3.63) is 83.7 Å². The van der Waals surface area contributed by atoms with Crippen LogP contribution in [0.1, 0.15) is 36.0 Å². The van der Waals surface area contributed by atoms with Crippen molar-refractivity contribution in [1.29, 1.82) is 0 Å². The molecule has 0 aliphatic carbocycles. The molecule has 5 aliphatic heterocycles. The summed E-state index contributed by atoms with van der Waals surface area (Å²) in [5.41, 5.74) is 2.88. The lowest BCUT2D eigenvalue weighted by atomic mass is 10.0. The standard InChI is InChI=1S/C32H36N4O6/c1-40-29-17-22-6-11-28(29)41-21-31(38)35-26-20-36(32(39)13-8-23-3-2-15-33-18-23)16-14-27(26)42-25-9-4-24(5-10-25)19-34-30(37)12-7-22/h2-6,9-11,15,17-18,26-27H,7-8,12-14,16,19-21H2,1H3,(H,34,37)(H,35,38)/t26-,27-/m1/s1. The number of carbonyl (C=O) groups is 3. The van der Waals surface area contributed by atoms with E-state index in [4.69, 9.17) is 14.2 Å². The molecule has 6 heterocycles. The number of aryl methyl sites for hydroxylation is 2. The van der Waals surface area contributed by atoms with Gasteiger partial charge in [-0.3, -0.25) is 19.4 Å². The van der Waals surface area contributed by atoms with Crippen molar-refractivity contribution in [2.45, 2.75) is 50.8 Å². The van der Waals surface area contributed by atoms with Crippen LogP contribution in [-0.4, -0.2) is 66.6 Å². The Balaban J connectivity index is 1.32. The van der Waals surface area contributed by atoms with Crippen LogP contribution in [0.5, 0.6) is 17.2 Å². The van der Waals surface area contributed by atoms with Crippen molar-refractivity contribution < 1.29 is 28.6 Å². The number of aromatic nitrogens is 1. The van der Waals surface area contributed by atoms with E-state index < -0.39 is 6.04 Å². The molecule has 4 bridgehead atoms. The molecule has 0 radical (unpaired) electrons. The highest BCUT2D eigenvalue weighted by Crippen LogP contribution is 2.29. The van der Waals surface area contributed by atoms with Crippen LogP contribution in [0, 0.1) is 0 Å². The first-order valence-electron chi connectivity index (χ1n) is 14.2. The number of hydrogen-bond donors (Lipinski definition) is 2. The van der Waals surface area contributed by atoms with Gasteiger partial charge in [-0.1, -0.05) is 24.3 Å². The number of pyridine rings is 1. The second-order valence-corrected chi connectivity index (χ2v) is 10.5. The van der Waals surface area contributed by atoms with Gasteiger partial charge in [-0.2, -0.15) is 0 Å². The van der Waals surface area contributed by atoms with Crippen molar-refractivity contribution >= 4 is 17.7 Å². The molecule has 1 aromatic heterocycles. The van der Waals surface area contributed by atoms with E-state index in [1.54, 1.807) is 23.4 Å². The number of likely N-dealkylation sites (tertiary alicyclic amines) is 1. The van der Waals surface area contributed by atoms with Gasteiger partial charge in [0.05, 0.1) is 13.2 Å². The van der Waals surface area contributed by atoms with Crippen molar-refractivity contribution in [2.24, 2.45) is 0 Å². The first-order chi connectivity index (χ1) is 20.5. The maximum Gasteiger partial charge on any atom is 0.258 e. The van der Waals surface area contributed by atoms with Crippen molar-refractivity contribution in [1.82, 2.24) is 20.5 Å². The van der Waals surface area contributed by atoms with Crippen LogP contribution in [0.15, 0.2) is 67.0 Å². The van der Waals surface area contributed by atoms with Crippen LogP contribution >= 0.6 is 0 Å². The summed E-state index contributed by atoms with van der Waals surface area (Å²) in [4.78, 5) is 44.5. The molecule has 10 heteroatoms. The Morgan fingerprint density at radius 1 is 1.07 bits per heavy atom. The molecule has 2 atom stereocenters. The summed E-state index contributed by atoms with van der Waals surface area (Å²) >= 11 is 0. The number of carbonyl (C=O) groups excluding carboxylic acids is 3. The number of rotatable bonds is 4. The lowest BCUT2D eigenvalue weighted by Crippen LogP contribution is -2.58. The van der Waals surface area contributed by atoms with Crippen LogP contribution < -0.4 is 24.8 Å². The quantitative estimate of drug-likeness (QED) is 0.494. The second-order valence-electron chi connectivity index (χ2n) is 10.5. The summed E-state index contributed by atoms with van der Waals surface area (Å²) in [5, 5.41) is 6.01. The van der Waals surface area contributed by atoms with E-state index in [1.807, 2.05) is 48.5 Å². The van der Waals surface area contributed by atoms with E-state index in [-0.39, 0.29) is 30.4 Å². The molecule has 3 aromatic rings. The van der Waals surface area contributed by atoms with Gasteiger partial charge in [-0.05, 0) is 59.9 Å². The summed E-state index contributed by atoms with van der Waals surface area (Å²) in [7, 11) is 1.53. The smallest absolute Gasteiger partial charge is 0.258 e. The lowest BCUT2D eigenvalue weighted by Gasteiger charge is -2.39. The predicted molar refractivity (Wildman–Crippen MR) is 155 cm³/mol. The van der Waals surface area contributed by atoms with E-state index in [0.29, 0.717) is 69.0 Å². The van der Waals surface area contributed by atoms with E-state index in [9.17, 15) is 14.4 Å². The van der Waals surface area contributed by atoms with Gasteiger partial charge >= 0.3 is 0 Å². The number of piperidine rings is 1. The predicted octanol–water partition coefficient (Wildman–Crippen LogP) is 2.83. The summed E-state index contributed by atoms with van der Waals surface area (Å²) in [5.74, 6) is 1.21. The first-order valence-corrected chi connectivity index (χ1v) is 14.2. The third-order valence-corrected chi connectivity index (χ3v) is 7.53. The summed E-state index contributed by atoms with van der Waals surface area (Å²) in [6, 6.07) is 16.3. The Morgan fingerprint density at radius 3 is 2.69 bits per heavy atom. The number of nitrogens with zero attached hydrogens (tertiary/aromatic N) is 2. The third-order valence-electron chi connectivity index (χ3n) is 7.53. The molecule has 1 saturated heterocycles. The van der Waals surface area contributed by atoms with Gasteiger partial charge < -0.3 is 29.7 Å². The monoisotopic (exact) mass is 572 g/mol. The average Bonchev–Trinajstić information content (AvgIpc) is 3.02. The van der Waals surface area contributed by atoms with Crippen molar-refractivity contribution in [3.8, 4) is 17.2 Å². The number of hydrogen-bond acceptors (Lipinski definition) is 7.